The average Bonchev–Trinajstić information content (AvgIpc) is 2.81. The van der Waals surface area contributed by atoms with Crippen molar-refractivity contribution in [2.24, 2.45) is 7.05 Å². The zero-order chi connectivity index (χ0) is 15.2. The van der Waals surface area contributed by atoms with Gasteiger partial charge < -0.3 is 15.2 Å². The van der Waals surface area contributed by atoms with Crippen molar-refractivity contribution >= 4 is 5.69 Å². The van der Waals surface area contributed by atoms with Crippen molar-refractivity contribution in [3.8, 4) is 5.75 Å². The lowest BCUT2D eigenvalue weighted by Crippen LogP contribution is -2.26. The van der Waals surface area contributed by atoms with Gasteiger partial charge in [-0.1, -0.05) is 19.1 Å². The van der Waals surface area contributed by atoms with Gasteiger partial charge in [0.15, 0.2) is 0 Å². The molecule has 0 fully saturated rings. The highest BCUT2D eigenvalue weighted by molar-refractivity contribution is 5.45. The molecule has 1 heterocycles. The minimum atomic E-state index is -0.574. The van der Waals surface area contributed by atoms with Crippen molar-refractivity contribution < 1.29 is 9.84 Å². The number of hydrogen-bond donors (Lipinski definition) is 2. The number of benzene rings is 1. The Bertz CT molecular complexity index is 563. The number of aryl methyl sites for hydroxylation is 3. The molecule has 1 aromatic heterocycles. The van der Waals surface area contributed by atoms with E-state index in [0.29, 0.717) is 6.54 Å². The summed E-state index contributed by atoms with van der Waals surface area (Å²) in [6.45, 7) is 4.74. The van der Waals surface area contributed by atoms with Crippen molar-refractivity contribution in [1.29, 1.82) is 0 Å². The Morgan fingerprint density at radius 3 is 2.62 bits per heavy atom. The van der Waals surface area contributed by atoms with Crippen LogP contribution in [0.1, 0.15) is 18.2 Å². The Morgan fingerprint density at radius 2 is 2.05 bits per heavy atom. The number of rotatable bonds is 7. The van der Waals surface area contributed by atoms with Crippen LogP contribution in [0.15, 0.2) is 30.5 Å². The smallest absolute Gasteiger partial charge is 0.119 e. The molecule has 114 valence electrons. The van der Waals surface area contributed by atoms with Gasteiger partial charge in [0.1, 0.15) is 18.5 Å². The molecular formula is C16H23N3O2. The number of ether oxygens (including phenoxy) is 1. The summed E-state index contributed by atoms with van der Waals surface area (Å²) in [6, 6.07) is 7.95. The van der Waals surface area contributed by atoms with Gasteiger partial charge in [0, 0.05) is 19.8 Å². The predicted octanol–water partition coefficient (Wildman–Crippen LogP) is 2.14. The highest BCUT2D eigenvalue weighted by Gasteiger charge is 2.08. The molecule has 1 atom stereocenters. The fourth-order valence-corrected chi connectivity index (χ4v) is 2.07. The summed E-state index contributed by atoms with van der Waals surface area (Å²) in [5.74, 6) is 0.781. The van der Waals surface area contributed by atoms with E-state index in [1.807, 2.05) is 44.4 Å². The number of nitrogens with zero attached hydrogens (tertiary/aromatic N) is 2. The second-order valence-corrected chi connectivity index (χ2v) is 5.15. The van der Waals surface area contributed by atoms with Gasteiger partial charge in [0.2, 0.25) is 0 Å². The van der Waals surface area contributed by atoms with E-state index in [0.717, 1.165) is 23.6 Å². The van der Waals surface area contributed by atoms with Crippen LogP contribution in [0.3, 0.4) is 0 Å². The first-order chi connectivity index (χ1) is 10.1. The Hall–Kier alpha value is -2.01. The maximum atomic E-state index is 9.96. The summed E-state index contributed by atoms with van der Waals surface area (Å²) >= 11 is 0. The van der Waals surface area contributed by atoms with Crippen molar-refractivity contribution in [3.05, 3.63) is 41.7 Å². The first kappa shape index (κ1) is 15.4. The monoisotopic (exact) mass is 289 g/mol. The molecule has 5 heteroatoms. The molecule has 1 unspecified atom stereocenters. The van der Waals surface area contributed by atoms with Gasteiger partial charge in [0.05, 0.1) is 11.4 Å². The molecule has 2 rings (SSSR count). The van der Waals surface area contributed by atoms with Crippen molar-refractivity contribution in [3.63, 3.8) is 0 Å². The molecule has 1 aromatic carbocycles. The summed E-state index contributed by atoms with van der Waals surface area (Å²) in [5.41, 5.74) is 3.13. The molecule has 0 amide bonds. The lowest BCUT2D eigenvalue weighted by Gasteiger charge is -2.13. The summed E-state index contributed by atoms with van der Waals surface area (Å²) in [4.78, 5) is 0. The first-order valence-corrected chi connectivity index (χ1v) is 7.22. The van der Waals surface area contributed by atoms with Crippen molar-refractivity contribution in [1.82, 2.24) is 9.78 Å². The Kier molecular flexibility index (Phi) is 5.22. The summed E-state index contributed by atoms with van der Waals surface area (Å²) in [7, 11) is 1.87. The molecule has 0 saturated heterocycles. The number of nitrogens with one attached hydrogen (secondary N) is 1. The molecule has 2 aromatic rings. The van der Waals surface area contributed by atoms with Crippen LogP contribution in [0.5, 0.6) is 5.75 Å². The van der Waals surface area contributed by atoms with Crippen LogP contribution in [0.2, 0.25) is 0 Å². The van der Waals surface area contributed by atoms with E-state index in [4.69, 9.17) is 4.74 Å². The molecule has 0 aliphatic heterocycles. The quantitative estimate of drug-likeness (QED) is 0.820. The number of hydrogen-bond acceptors (Lipinski definition) is 4. The van der Waals surface area contributed by atoms with Crippen LogP contribution in [-0.2, 0) is 13.5 Å². The van der Waals surface area contributed by atoms with Crippen LogP contribution in [0, 0.1) is 6.92 Å². The summed E-state index contributed by atoms with van der Waals surface area (Å²) < 4.78 is 7.33. The van der Waals surface area contributed by atoms with E-state index >= 15 is 0 Å². The number of aliphatic hydroxyl groups excluding tert-OH is 1. The minimum Gasteiger partial charge on any atom is -0.491 e. The Labute approximate surface area is 125 Å². The van der Waals surface area contributed by atoms with Crippen LogP contribution in [0.25, 0.3) is 0 Å². The van der Waals surface area contributed by atoms with Gasteiger partial charge in [-0.3, -0.25) is 4.68 Å². The summed E-state index contributed by atoms with van der Waals surface area (Å²) in [5, 5.41) is 17.4. The number of anilines is 1. The number of aromatic nitrogens is 2. The van der Waals surface area contributed by atoms with E-state index in [2.05, 4.69) is 17.3 Å². The third kappa shape index (κ3) is 4.49. The fourth-order valence-electron chi connectivity index (χ4n) is 2.07. The second-order valence-electron chi connectivity index (χ2n) is 5.15. The third-order valence-corrected chi connectivity index (χ3v) is 3.32. The zero-order valence-electron chi connectivity index (χ0n) is 12.8. The SMILES string of the molecule is CCc1ccc(OCC(O)CNc2cn(C)nc2C)cc1. The molecule has 0 spiro atoms. The topological polar surface area (TPSA) is 59.3 Å². The van der Waals surface area contributed by atoms with Crippen LogP contribution in [-0.4, -0.2) is 34.1 Å². The van der Waals surface area contributed by atoms with Gasteiger partial charge in [-0.15, -0.1) is 0 Å². The molecule has 0 saturated carbocycles. The highest BCUT2D eigenvalue weighted by Crippen LogP contribution is 2.14. The molecule has 2 N–H and O–H groups in total. The van der Waals surface area contributed by atoms with Gasteiger partial charge in [-0.2, -0.15) is 5.10 Å². The molecule has 0 aliphatic rings. The van der Waals surface area contributed by atoms with Crippen LogP contribution >= 0.6 is 0 Å². The lowest BCUT2D eigenvalue weighted by molar-refractivity contribution is 0.117. The van der Waals surface area contributed by atoms with Gasteiger partial charge >= 0.3 is 0 Å². The Balaban J connectivity index is 1.76. The normalized spacial score (nSPS) is 12.2. The van der Waals surface area contributed by atoms with E-state index in [1.54, 1.807) is 4.68 Å². The molecular weight excluding hydrogens is 266 g/mol. The zero-order valence-corrected chi connectivity index (χ0v) is 12.8. The van der Waals surface area contributed by atoms with Gasteiger partial charge in [-0.25, -0.2) is 0 Å². The van der Waals surface area contributed by atoms with Gasteiger partial charge in [-0.05, 0) is 31.0 Å². The van der Waals surface area contributed by atoms with E-state index in [1.165, 1.54) is 5.56 Å². The molecule has 0 bridgehead atoms. The minimum absolute atomic E-state index is 0.262. The largest absolute Gasteiger partial charge is 0.491 e. The van der Waals surface area contributed by atoms with Crippen molar-refractivity contribution in [2.45, 2.75) is 26.4 Å². The molecule has 0 radical (unpaired) electrons. The molecule has 5 nitrogen and oxygen atoms in total. The van der Waals surface area contributed by atoms with Crippen molar-refractivity contribution in [2.75, 3.05) is 18.5 Å². The molecule has 0 aliphatic carbocycles. The Morgan fingerprint density at radius 1 is 1.33 bits per heavy atom. The maximum Gasteiger partial charge on any atom is 0.119 e. The molecule has 21 heavy (non-hydrogen) atoms. The second kappa shape index (κ2) is 7.13. The fraction of sp³-hybridized carbons (Fsp3) is 0.438. The van der Waals surface area contributed by atoms with E-state index in [-0.39, 0.29) is 6.61 Å². The highest BCUT2D eigenvalue weighted by atomic mass is 16.5. The van der Waals surface area contributed by atoms with E-state index in [9.17, 15) is 5.11 Å². The summed E-state index contributed by atoms with van der Waals surface area (Å²) in [6.07, 6.45) is 2.33. The average molecular weight is 289 g/mol. The maximum absolute atomic E-state index is 9.96. The standard InChI is InChI=1S/C16H23N3O2/c1-4-13-5-7-15(8-6-13)21-11-14(20)9-17-16-10-19(3)18-12(16)2/h5-8,10,14,17,20H,4,9,11H2,1-3H3. The predicted molar refractivity (Wildman–Crippen MR) is 83.8 cm³/mol. The lowest BCUT2D eigenvalue weighted by atomic mass is 10.2. The van der Waals surface area contributed by atoms with Crippen LogP contribution < -0.4 is 10.1 Å². The number of aliphatic hydroxyl groups is 1. The van der Waals surface area contributed by atoms with E-state index < -0.39 is 6.10 Å². The van der Waals surface area contributed by atoms with Gasteiger partial charge in [0.25, 0.3) is 0 Å². The van der Waals surface area contributed by atoms with Crippen LogP contribution in [0.4, 0.5) is 5.69 Å². The third-order valence-electron chi connectivity index (χ3n) is 3.32. The first-order valence-electron chi connectivity index (χ1n) is 7.22.